The van der Waals surface area contributed by atoms with E-state index in [-0.39, 0.29) is 23.2 Å². The fraction of sp³-hybridized carbons (Fsp3) is 0.200. The van der Waals surface area contributed by atoms with Crippen LogP contribution < -0.4 is 10.1 Å². The van der Waals surface area contributed by atoms with E-state index in [1.165, 1.54) is 30.7 Å². The molecule has 2 N–H and O–H groups in total. The van der Waals surface area contributed by atoms with Crippen LogP contribution in [0, 0.1) is 11.2 Å². The zero-order valence-electron chi connectivity index (χ0n) is 18.0. The summed E-state index contributed by atoms with van der Waals surface area (Å²) in [7, 11) is 0. The van der Waals surface area contributed by atoms with Crippen LogP contribution in [0.4, 0.5) is 10.2 Å². The van der Waals surface area contributed by atoms with Crippen molar-refractivity contribution < 1.29 is 13.9 Å². The Morgan fingerprint density at radius 2 is 2.03 bits per heavy atom. The number of ether oxygens (including phenoxy) is 1. The zero-order valence-corrected chi connectivity index (χ0v) is 18.0. The predicted octanol–water partition coefficient (Wildman–Crippen LogP) is 4.41. The van der Waals surface area contributed by atoms with Crippen molar-refractivity contribution >= 4 is 17.4 Å². The predicted molar refractivity (Wildman–Crippen MR) is 124 cm³/mol. The number of nitrogens with one attached hydrogen (secondary N) is 2. The number of hydrogen-bond acceptors (Lipinski definition) is 6. The Morgan fingerprint density at radius 1 is 1.21 bits per heavy atom. The molecule has 3 aromatic rings. The molecular weight excluding hydrogens is 421 g/mol. The summed E-state index contributed by atoms with van der Waals surface area (Å²) in [6.45, 7) is 4.73. The van der Waals surface area contributed by atoms with Crippen LogP contribution in [-0.4, -0.2) is 45.6 Å². The minimum Gasteiger partial charge on any atom is -0.457 e. The van der Waals surface area contributed by atoms with Crippen LogP contribution in [-0.2, 0) is 4.79 Å². The molecule has 1 saturated heterocycles. The molecular formula is C25H24FN5O2. The highest BCUT2D eigenvalue weighted by Crippen LogP contribution is 2.26. The summed E-state index contributed by atoms with van der Waals surface area (Å²) in [5.74, 6) is 0.670. The van der Waals surface area contributed by atoms with E-state index < -0.39 is 5.82 Å². The third-order valence-corrected chi connectivity index (χ3v) is 5.42. The van der Waals surface area contributed by atoms with E-state index in [1.54, 1.807) is 23.1 Å². The second kappa shape index (κ2) is 10.0. The Morgan fingerprint density at radius 3 is 2.79 bits per heavy atom. The first-order chi connectivity index (χ1) is 16.0. The number of aromatic nitrogens is 2. The number of anilines is 1. The summed E-state index contributed by atoms with van der Waals surface area (Å²) in [6.07, 6.45) is 5.86. The number of amides is 1. The maximum atomic E-state index is 14.9. The first-order valence-corrected chi connectivity index (χ1v) is 10.6. The molecule has 168 valence electrons. The summed E-state index contributed by atoms with van der Waals surface area (Å²) in [4.78, 5) is 22.0. The molecule has 2 heterocycles. The molecule has 0 radical (unpaired) electrons. The van der Waals surface area contributed by atoms with E-state index in [0.29, 0.717) is 36.0 Å². The van der Waals surface area contributed by atoms with Gasteiger partial charge in [-0.15, -0.1) is 0 Å². The highest BCUT2D eigenvalue weighted by molar-refractivity contribution is 6.13. The summed E-state index contributed by atoms with van der Waals surface area (Å²) in [5, 5.41) is 11.9. The molecule has 4 rings (SSSR count). The Labute approximate surface area is 191 Å². The molecule has 1 aromatic heterocycles. The van der Waals surface area contributed by atoms with Gasteiger partial charge in [0.1, 0.15) is 29.5 Å². The van der Waals surface area contributed by atoms with Gasteiger partial charge in [0.15, 0.2) is 0 Å². The van der Waals surface area contributed by atoms with E-state index >= 15 is 0 Å². The van der Waals surface area contributed by atoms with E-state index in [4.69, 9.17) is 10.1 Å². The number of nitrogens with zero attached hydrogens (tertiary/aromatic N) is 3. The number of carbonyl (C=O) groups is 1. The quantitative estimate of drug-likeness (QED) is 0.415. The van der Waals surface area contributed by atoms with Crippen LogP contribution in [0.1, 0.15) is 24.0 Å². The molecule has 1 fully saturated rings. The van der Waals surface area contributed by atoms with Crippen LogP contribution >= 0.6 is 0 Å². The van der Waals surface area contributed by atoms with Crippen molar-refractivity contribution in [1.29, 1.82) is 5.41 Å². The SMILES string of the molecule is C=CC(=O)N1CCCC(Nc2ncncc2C(=N)c2ccc(Oc3ccccc3)cc2F)C1. The first kappa shape index (κ1) is 22.1. The van der Waals surface area contributed by atoms with Crippen molar-refractivity contribution in [3.63, 3.8) is 0 Å². The molecule has 0 bridgehead atoms. The second-order valence-corrected chi connectivity index (χ2v) is 7.69. The smallest absolute Gasteiger partial charge is 0.246 e. The van der Waals surface area contributed by atoms with Gasteiger partial charge in [-0.25, -0.2) is 14.4 Å². The van der Waals surface area contributed by atoms with E-state index in [2.05, 4.69) is 21.9 Å². The van der Waals surface area contributed by atoms with E-state index in [1.807, 2.05) is 18.2 Å². The summed E-state index contributed by atoms with van der Waals surface area (Å²) in [6, 6.07) is 13.4. The summed E-state index contributed by atoms with van der Waals surface area (Å²) >= 11 is 0. The highest BCUT2D eigenvalue weighted by Gasteiger charge is 2.24. The number of para-hydroxylation sites is 1. The topological polar surface area (TPSA) is 91.2 Å². The molecule has 1 amide bonds. The second-order valence-electron chi connectivity index (χ2n) is 7.69. The van der Waals surface area contributed by atoms with Crippen molar-refractivity contribution in [1.82, 2.24) is 14.9 Å². The molecule has 0 saturated carbocycles. The summed E-state index contributed by atoms with van der Waals surface area (Å²) < 4.78 is 20.6. The molecule has 7 nitrogen and oxygen atoms in total. The Kier molecular flexibility index (Phi) is 6.73. The minimum atomic E-state index is -0.580. The average Bonchev–Trinajstić information content (AvgIpc) is 2.84. The highest BCUT2D eigenvalue weighted by atomic mass is 19.1. The number of benzene rings is 2. The van der Waals surface area contributed by atoms with Gasteiger partial charge >= 0.3 is 0 Å². The van der Waals surface area contributed by atoms with Gasteiger partial charge in [-0.2, -0.15) is 0 Å². The van der Waals surface area contributed by atoms with Crippen molar-refractivity contribution in [3.05, 3.63) is 90.7 Å². The van der Waals surface area contributed by atoms with Gasteiger partial charge < -0.3 is 15.0 Å². The van der Waals surface area contributed by atoms with Gasteiger partial charge in [0.05, 0.1) is 11.3 Å². The number of hydrogen-bond donors (Lipinski definition) is 2. The van der Waals surface area contributed by atoms with Crippen LogP contribution in [0.15, 0.2) is 73.7 Å². The molecule has 8 heteroatoms. The fourth-order valence-corrected chi connectivity index (χ4v) is 3.78. The molecule has 1 aliphatic rings. The van der Waals surface area contributed by atoms with Crippen molar-refractivity contribution in [2.75, 3.05) is 18.4 Å². The monoisotopic (exact) mass is 445 g/mol. The maximum absolute atomic E-state index is 14.9. The lowest BCUT2D eigenvalue weighted by Crippen LogP contribution is -2.44. The number of piperidine rings is 1. The van der Waals surface area contributed by atoms with Crippen molar-refractivity contribution in [2.45, 2.75) is 18.9 Å². The lowest BCUT2D eigenvalue weighted by atomic mass is 10.0. The molecule has 1 aliphatic heterocycles. The molecule has 2 aromatic carbocycles. The van der Waals surface area contributed by atoms with Crippen molar-refractivity contribution in [3.8, 4) is 11.5 Å². The Bertz CT molecular complexity index is 1170. The first-order valence-electron chi connectivity index (χ1n) is 10.6. The zero-order chi connectivity index (χ0) is 23.2. The minimum absolute atomic E-state index is 0.0447. The number of halogens is 1. The van der Waals surface area contributed by atoms with E-state index in [0.717, 1.165) is 12.8 Å². The molecule has 1 atom stereocenters. The molecule has 0 aliphatic carbocycles. The fourth-order valence-electron chi connectivity index (χ4n) is 3.78. The third kappa shape index (κ3) is 5.23. The van der Waals surface area contributed by atoms with Gasteiger partial charge in [0.2, 0.25) is 5.91 Å². The van der Waals surface area contributed by atoms with Gasteiger partial charge in [-0.05, 0) is 43.2 Å². The molecule has 1 unspecified atom stereocenters. The van der Waals surface area contributed by atoms with Crippen LogP contribution in [0.25, 0.3) is 0 Å². The van der Waals surface area contributed by atoms with Crippen LogP contribution in [0.3, 0.4) is 0 Å². The number of carbonyl (C=O) groups excluding carboxylic acids is 1. The lowest BCUT2D eigenvalue weighted by molar-refractivity contribution is -0.127. The average molecular weight is 445 g/mol. The largest absolute Gasteiger partial charge is 0.457 e. The van der Waals surface area contributed by atoms with E-state index in [9.17, 15) is 9.18 Å². The third-order valence-electron chi connectivity index (χ3n) is 5.42. The lowest BCUT2D eigenvalue weighted by Gasteiger charge is -2.33. The summed E-state index contributed by atoms with van der Waals surface area (Å²) in [5.41, 5.74) is 0.442. The standard InChI is InChI=1S/C25H24FN5O2/c1-2-23(32)31-12-6-7-17(15-31)30-25-21(14-28-16-29-25)24(27)20-11-10-19(13-22(20)26)33-18-8-4-3-5-9-18/h2-5,8-11,13-14,16-17,27H,1,6-7,12,15H2,(H,28,29,30). The maximum Gasteiger partial charge on any atom is 0.246 e. The molecule has 33 heavy (non-hydrogen) atoms. The van der Waals surface area contributed by atoms with Crippen molar-refractivity contribution in [2.24, 2.45) is 0 Å². The Hall–Kier alpha value is -4.07. The Balaban J connectivity index is 1.52. The van der Waals surface area contributed by atoms with Crippen LogP contribution in [0.5, 0.6) is 11.5 Å². The molecule has 0 spiro atoms. The van der Waals surface area contributed by atoms with Gasteiger partial charge in [-0.3, -0.25) is 10.2 Å². The van der Waals surface area contributed by atoms with Gasteiger partial charge in [0, 0.05) is 37.0 Å². The van der Waals surface area contributed by atoms with Gasteiger partial charge in [0.25, 0.3) is 0 Å². The number of rotatable bonds is 7. The normalized spacial score (nSPS) is 15.5. The van der Waals surface area contributed by atoms with Crippen LogP contribution in [0.2, 0.25) is 0 Å². The van der Waals surface area contributed by atoms with Gasteiger partial charge in [-0.1, -0.05) is 24.8 Å². The number of likely N-dealkylation sites (tertiary alicyclic amines) is 1.